The molecule has 0 bridgehead atoms. The summed E-state index contributed by atoms with van der Waals surface area (Å²) >= 11 is 0. The number of allylic oxidation sites excluding steroid dienone is 1. The van der Waals surface area contributed by atoms with Gasteiger partial charge in [-0.3, -0.25) is 20.2 Å². The molecule has 0 atom stereocenters. The maximum atomic E-state index is 10.6. The molecule has 0 unspecified atom stereocenters. The first-order valence-corrected chi connectivity index (χ1v) is 8.55. The third kappa shape index (κ3) is 3.87. The fraction of sp³-hybridized carbons (Fsp3) is 0.200. The molecule has 0 saturated heterocycles. The van der Waals surface area contributed by atoms with E-state index in [-0.39, 0.29) is 21.2 Å². The van der Waals surface area contributed by atoms with Gasteiger partial charge in [0, 0.05) is 41.9 Å². The molecule has 0 aliphatic heterocycles. The van der Waals surface area contributed by atoms with Gasteiger partial charge in [0.1, 0.15) is 0 Å². The Labute approximate surface area is 155 Å². The lowest BCUT2D eigenvalue weighted by Crippen LogP contribution is -1.98. The predicted octanol–water partition coefficient (Wildman–Crippen LogP) is 5.29. The molecule has 0 fully saturated rings. The van der Waals surface area contributed by atoms with Crippen LogP contribution in [0.15, 0.2) is 54.7 Å². The zero-order valence-electron chi connectivity index (χ0n) is 15.0. The Kier molecular flexibility index (Phi) is 5.03. The number of hydrogen-bond donors (Lipinski definition) is 0. The molecule has 1 heterocycles. The van der Waals surface area contributed by atoms with Gasteiger partial charge in [-0.2, -0.15) is 0 Å². The largest absolute Gasteiger partial charge is 0.345 e. The fourth-order valence-electron chi connectivity index (χ4n) is 3.06. The summed E-state index contributed by atoms with van der Waals surface area (Å²) in [5.74, 6) is 0. The molecule has 1 aliphatic carbocycles. The summed E-state index contributed by atoms with van der Waals surface area (Å²) in [7, 11) is 0. The van der Waals surface area contributed by atoms with Gasteiger partial charge in [0.2, 0.25) is 0 Å². The van der Waals surface area contributed by atoms with Crippen LogP contribution in [0, 0.1) is 20.2 Å². The van der Waals surface area contributed by atoms with E-state index in [4.69, 9.17) is 0 Å². The summed E-state index contributed by atoms with van der Waals surface area (Å²) in [5.41, 5.74) is 3.38. The van der Waals surface area contributed by atoms with Gasteiger partial charge in [0.15, 0.2) is 0 Å². The SMILES string of the molecule is CC(C)n1ccc2ccc([N+](=O)[O-])cc21.O=[N+]([O-])c1ccc2c(c1)CC=C2. The number of benzene rings is 2. The number of nitrogens with zero attached hydrogens (tertiary/aromatic N) is 3. The molecule has 1 aromatic heterocycles. The number of rotatable bonds is 3. The van der Waals surface area contributed by atoms with E-state index in [9.17, 15) is 20.2 Å². The molecule has 7 heteroatoms. The highest BCUT2D eigenvalue weighted by molar-refractivity contribution is 5.82. The van der Waals surface area contributed by atoms with Gasteiger partial charge in [-0.1, -0.05) is 12.2 Å². The van der Waals surface area contributed by atoms with Crippen LogP contribution in [-0.4, -0.2) is 14.4 Å². The van der Waals surface area contributed by atoms with Gasteiger partial charge in [-0.15, -0.1) is 0 Å². The van der Waals surface area contributed by atoms with E-state index in [0.717, 1.165) is 28.5 Å². The van der Waals surface area contributed by atoms with Gasteiger partial charge in [-0.05, 0) is 49.6 Å². The summed E-state index contributed by atoms with van der Waals surface area (Å²) in [6.07, 6.45) is 6.77. The quantitative estimate of drug-likeness (QED) is 0.465. The Bertz CT molecular complexity index is 1050. The molecule has 7 nitrogen and oxygen atoms in total. The third-order valence-electron chi connectivity index (χ3n) is 4.45. The van der Waals surface area contributed by atoms with Crippen LogP contribution < -0.4 is 0 Å². The Hall–Kier alpha value is -3.48. The molecule has 0 spiro atoms. The van der Waals surface area contributed by atoms with Crippen molar-refractivity contribution in [2.24, 2.45) is 0 Å². The molecule has 0 amide bonds. The smallest absolute Gasteiger partial charge is 0.271 e. The van der Waals surface area contributed by atoms with Crippen LogP contribution in [0.1, 0.15) is 31.0 Å². The summed E-state index contributed by atoms with van der Waals surface area (Å²) in [6.45, 7) is 4.11. The van der Waals surface area contributed by atoms with Crippen molar-refractivity contribution in [3.8, 4) is 0 Å². The molecule has 4 rings (SSSR count). The molecule has 0 N–H and O–H groups in total. The summed E-state index contributed by atoms with van der Waals surface area (Å²) in [4.78, 5) is 20.3. The number of nitro groups is 2. The van der Waals surface area contributed by atoms with Crippen molar-refractivity contribution in [2.75, 3.05) is 0 Å². The van der Waals surface area contributed by atoms with Gasteiger partial charge < -0.3 is 4.57 Å². The number of non-ortho nitro benzene ring substituents is 2. The van der Waals surface area contributed by atoms with E-state index < -0.39 is 0 Å². The summed E-state index contributed by atoms with van der Waals surface area (Å²) in [6, 6.07) is 12.2. The van der Waals surface area contributed by atoms with Gasteiger partial charge in [-0.25, -0.2) is 0 Å². The highest BCUT2D eigenvalue weighted by atomic mass is 16.6. The van der Waals surface area contributed by atoms with Crippen molar-refractivity contribution in [1.82, 2.24) is 4.57 Å². The molecular formula is C20H19N3O4. The van der Waals surface area contributed by atoms with Crippen LogP contribution in [0.25, 0.3) is 17.0 Å². The highest BCUT2D eigenvalue weighted by Crippen LogP contribution is 2.25. The standard InChI is InChI=1S/C11H12N2O2.C9H7NO2/c1-8(2)12-6-5-9-3-4-10(13(14)15)7-11(9)12;11-10(12)9-5-4-7-2-1-3-8(7)6-9/h3-8H,1-2H3;1-2,4-6H,3H2. The molecular weight excluding hydrogens is 346 g/mol. The first-order chi connectivity index (χ1) is 12.9. The molecule has 0 radical (unpaired) electrons. The Balaban J connectivity index is 0.000000159. The zero-order chi connectivity index (χ0) is 19.6. The Morgan fingerprint density at radius 1 is 0.963 bits per heavy atom. The van der Waals surface area contributed by atoms with Crippen molar-refractivity contribution < 1.29 is 9.85 Å². The van der Waals surface area contributed by atoms with Crippen LogP contribution in [0.4, 0.5) is 11.4 Å². The van der Waals surface area contributed by atoms with E-state index in [1.807, 2.05) is 29.0 Å². The minimum absolute atomic E-state index is 0.142. The van der Waals surface area contributed by atoms with Crippen molar-refractivity contribution in [3.63, 3.8) is 0 Å². The Morgan fingerprint density at radius 3 is 2.30 bits per heavy atom. The van der Waals surface area contributed by atoms with Crippen molar-refractivity contribution >= 4 is 28.4 Å². The molecule has 1 aliphatic rings. The minimum atomic E-state index is -0.364. The number of nitro benzene ring substituents is 2. The van der Waals surface area contributed by atoms with Gasteiger partial charge >= 0.3 is 0 Å². The second-order valence-electron chi connectivity index (χ2n) is 6.56. The van der Waals surface area contributed by atoms with Crippen molar-refractivity contribution in [1.29, 1.82) is 0 Å². The van der Waals surface area contributed by atoms with E-state index in [1.54, 1.807) is 24.3 Å². The maximum absolute atomic E-state index is 10.6. The average molecular weight is 365 g/mol. The predicted molar refractivity (Wildman–Crippen MR) is 105 cm³/mol. The van der Waals surface area contributed by atoms with Crippen LogP contribution in [0.3, 0.4) is 0 Å². The van der Waals surface area contributed by atoms with E-state index in [0.29, 0.717) is 6.04 Å². The summed E-state index contributed by atoms with van der Waals surface area (Å²) < 4.78 is 2.03. The molecule has 27 heavy (non-hydrogen) atoms. The molecule has 0 saturated carbocycles. The van der Waals surface area contributed by atoms with Gasteiger partial charge in [0.05, 0.1) is 15.4 Å². The van der Waals surface area contributed by atoms with Crippen molar-refractivity contribution in [2.45, 2.75) is 26.3 Å². The average Bonchev–Trinajstić information content (AvgIpc) is 3.27. The Morgan fingerprint density at radius 2 is 1.63 bits per heavy atom. The first-order valence-electron chi connectivity index (χ1n) is 8.55. The number of fused-ring (bicyclic) bond motifs is 2. The van der Waals surface area contributed by atoms with E-state index in [2.05, 4.69) is 13.8 Å². The van der Waals surface area contributed by atoms with Crippen molar-refractivity contribution in [3.05, 3.63) is 86.1 Å². The summed E-state index contributed by atoms with van der Waals surface area (Å²) in [5, 5.41) is 22.1. The molecule has 138 valence electrons. The fourth-order valence-corrected chi connectivity index (χ4v) is 3.06. The third-order valence-corrected chi connectivity index (χ3v) is 4.45. The lowest BCUT2D eigenvalue weighted by atomic mass is 10.1. The van der Waals surface area contributed by atoms with E-state index in [1.165, 1.54) is 12.1 Å². The molecule has 3 aromatic rings. The second-order valence-corrected chi connectivity index (χ2v) is 6.56. The number of aromatic nitrogens is 1. The topological polar surface area (TPSA) is 91.2 Å². The van der Waals surface area contributed by atoms with Crippen LogP contribution in [-0.2, 0) is 6.42 Å². The first kappa shape index (κ1) is 18.3. The van der Waals surface area contributed by atoms with Crippen LogP contribution >= 0.6 is 0 Å². The maximum Gasteiger partial charge on any atom is 0.271 e. The lowest BCUT2D eigenvalue weighted by Gasteiger charge is -2.08. The van der Waals surface area contributed by atoms with E-state index >= 15 is 0 Å². The molecule has 2 aromatic carbocycles. The monoisotopic (exact) mass is 365 g/mol. The van der Waals surface area contributed by atoms with Gasteiger partial charge in [0.25, 0.3) is 11.4 Å². The second kappa shape index (κ2) is 7.41. The highest BCUT2D eigenvalue weighted by Gasteiger charge is 2.11. The number of hydrogen-bond acceptors (Lipinski definition) is 4. The van der Waals surface area contributed by atoms with Crippen LogP contribution in [0.5, 0.6) is 0 Å². The zero-order valence-corrected chi connectivity index (χ0v) is 15.0. The normalized spacial score (nSPS) is 12.0. The minimum Gasteiger partial charge on any atom is -0.345 e. The van der Waals surface area contributed by atoms with Crippen LogP contribution in [0.2, 0.25) is 0 Å². The lowest BCUT2D eigenvalue weighted by molar-refractivity contribution is -0.385.